The van der Waals surface area contributed by atoms with Crippen LogP contribution >= 0.6 is 0 Å². The lowest BCUT2D eigenvalue weighted by molar-refractivity contribution is -0.0220. The molecule has 1 aliphatic rings. The predicted molar refractivity (Wildman–Crippen MR) is 62.2 cm³/mol. The van der Waals surface area contributed by atoms with Gasteiger partial charge < -0.3 is 4.90 Å². The third-order valence-electron chi connectivity index (χ3n) is 3.20. The molecule has 0 aromatic heterocycles. The summed E-state index contributed by atoms with van der Waals surface area (Å²) in [6, 6.07) is 8.20. The lowest BCUT2D eigenvalue weighted by atomic mass is 10.1. The number of anilines is 1. The maximum absolute atomic E-state index is 13.0. The Bertz CT molecular complexity index is 335. The van der Waals surface area contributed by atoms with Gasteiger partial charge in [0.05, 0.1) is 0 Å². The molecule has 1 heterocycles. The van der Waals surface area contributed by atoms with Crippen LogP contribution in [-0.4, -0.2) is 19.0 Å². The number of benzene rings is 1. The summed E-state index contributed by atoms with van der Waals surface area (Å²) in [6.45, 7) is 3.02. The number of hydrogen-bond donors (Lipinski definition) is 0. The van der Waals surface area contributed by atoms with Crippen molar-refractivity contribution < 1.29 is 8.78 Å². The Morgan fingerprint density at radius 3 is 2.19 bits per heavy atom. The SMILES string of the molecule is CCc1ccc(N2CCC(F)(F)CC2)cc1. The van der Waals surface area contributed by atoms with Gasteiger partial charge in [-0.1, -0.05) is 19.1 Å². The average Bonchev–Trinajstić information content (AvgIpc) is 2.29. The van der Waals surface area contributed by atoms with E-state index < -0.39 is 5.92 Å². The van der Waals surface area contributed by atoms with Crippen molar-refractivity contribution in [2.75, 3.05) is 18.0 Å². The molecule has 1 fully saturated rings. The number of aryl methyl sites for hydroxylation is 1. The molecule has 1 nitrogen and oxygen atoms in total. The second kappa shape index (κ2) is 4.40. The van der Waals surface area contributed by atoms with E-state index in [2.05, 4.69) is 19.1 Å². The zero-order chi connectivity index (χ0) is 11.6. The molecule has 1 aromatic carbocycles. The molecule has 0 N–H and O–H groups in total. The monoisotopic (exact) mass is 225 g/mol. The van der Waals surface area contributed by atoms with Crippen LogP contribution in [0.1, 0.15) is 25.3 Å². The number of piperidine rings is 1. The van der Waals surface area contributed by atoms with Crippen LogP contribution in [-0.2, 0) is 6.42 Å². The first-order valence-electron chi connectivity index (χ1n) is 5.82. The molecule has 0 aliphatic carbocycles. The molecular weight excluding hydrogens is 208 g/mol. The van der Waals surface area contributed by atoms with Crippen LogP contribution in [0.15, 0.2) is 24.3 Å². The smallest absolute Gasteiger partial charge is 0.251 e. The molecule has 0 bridgehead atoms. The second-order valence-electron chi connectivity index (χ2n) is 4.36. The van der Waals surface area contributed by atoms with Gasteiger partial charge in [0.15, 0.2) is 0 Å². The fourth-order valence-electron chi connectivity index (χ4n) is 2.03. The van der Waals surface area contributed by atoms with Gasteiger partial charge in [-0.15, -0.1) is 0 Å². The third-order valence-corrected chi connectivity index (χ3v) is 3.20. The van der Waals surface area contributed by atoms with Crippen molar-refractivity contribution in [3.8, 4) is 0 Å². The lowest BCUT2D eigenvalue weighted by Gasteiger charge is -2.33. The summed E-state index contributed by atoms with van der Waals surface area (Å²) in [6.07, 6.45) is 0.962. The minimum atomic E-state index is -2.46. The van der Waals surface area contributed by atoms with Crippen molar-refractivity contribution in [3.63, 3.8) is 0 Å². The largest absolute Gasteiger partial charge is 0.371 e. The first kappa shape index (κ1) is 11.4. The van der Waals surface area contributed by atoms with Crippen LogP contribution in [0.25, 0.3) is 0 Å². The van der Waals surface area contributed by atoms with Gasteiger partial charge in [0.2, 0.25) is 0 Å². The number of hydrogen-bond acceptors (Lipinski definition) is 1. The van der Waals surface area contributed by atoms with Gasteiger partial charge >= 0.3 is 0 Å². The number of halogens is 2. The first-order chi connectivity index (χ1) is 7.61. The van der Waals surface area contributed by atoms with Crippen molar-refractivity contribution >= 4 is 5.69 Å². The molecule has 1 aliphatic heterocycles. The van der Waals surface area contributed by atoms with Crippen molar-refractivity contribution in [2.45, 2.75) is 32.1 Å². The van der Waals surface area contributed by atoms with Crippen LogP contribution in [0, 0.1) is 0 Å². The maximum Gasteiger partial charge on any atom is 0.251 e. The Labute approximate surface area is 95.1 Å². The molecule has 0 saturated carbocycles. The van der Waals surface area contributed by atoms with Gasteiger partial charge in [-0.3, -0.25) is 0 Å². The minimum absolute atomic E-state index is 0.0253. The molecule has 1 saturated heterocycles. The lowest BCUT2D eigenvalue weighted by Crippen LogP contribution is -2.39. The van der Waals surface area contributed by atoms with E-state index >= 15 is 0 Å². The quantitative estimate of drug-likeness (QED) is 0.744. The van der Waals surface area contributed by atoms with Crippen molar-refractivity contribution in [3.05, 3.63) is 29.8 Å². The number of rotatable bonds is 2. The van der Waals surface area contributed by atoms with E-state index in [0.29, 0.717) is 13.1 Å². The molecule has 0 amide bonds. The molecule has 16 heavy (non-hydrogen) atoms. The van der Waals surface area contributed by atoms with Gasteiger partial charge in [0.1, 0.15) is 0 Å². The summed E-state index contributed by atoms with van der Waals surface area (Å²) in [5.74, 6) is -2.46. The van der Waals surface area contributed by atoms with Crippen LogP contribution < -0.4 is 4.90 Å². The Kier molecular flexibility index (Phi) is 3.13. The minimum Gasteiger partial charge on any atom is -0.371 e. The van der Waals surface area contributed by atoms with Gasteiger partial charge in [0, 0.05) is 31.6 Å². The van der Waals surface area contributed by atoms with E-state index in [9.17, 15) is 8.78 Å². The highest BCUT2D eigenvalue weighted by Gasteiger charge is 2.33. The molecule has 0 spiro atoms. The Hall–Kier alpha value is -1.12. The van der Waals surface area contributed by atoms with Crippen molar-refractivity contribution in [2.24, 2.45) is 0 Å². The molecule has 1 aromatic rings. The van der Waals surface area contributed by atoms with Gasteiger partial charge in [-0.25, -0.2) is 8.78 Å². The summed E-state index contributed by atoms with van der Waals surface area (Å²) in [4.78, 5) is 2.04. The van der Waals surface area contributed by atoms with E-state index in [1.165, 1.54) is 5.56 Å². The maximum atomic E-state index is 13.0. The highest BCUT2D eigenvalue weighted by molar-refractivity contribution is 5.48. The van der Waals surface area contributed by atoms with Crippen LogP contribution in [0.4, 0.5) is 14.5 Å². The Balaban J connectivity index is 2.03. The summed E-state index contributed by atoms with van der Waals surface area (Å²) >= 11 is 0. The molecule has 3 heteroatoms. The summed E-state index contributed by atoms with van der Waals surface area (Å²) in [7, 11) is 0. The zero-order valence-electron chi connectivity index (χ0n) is 9.55. The fraction of sp³-hybridized carbons (Fsp3) is 0.538. The molecule has 2 rings (SSSR count). The van der Waals surface area contributed by atoms with Gasteiger partial charge in [0.25, 0.3) is 5.92 Å². The van der Waals surface area contributed by atoms with Crippen LogP contribution in [0.3, 0.4) is 0 Å². The molecule has 0 radical (unpaired) electrons. The number of nitrogens with zero attached hydrogens (tertiary/aromatic N) is 1. The summed E-state index contributed by atoms with van der Waals surface area (Å²) < 4.78 is 26.0. The van der Waals surface area contributed by atoms with Crippen LogP contribution in [0.5, 0.6) is 0 Å². The average molecular weight is 225 g/mol. The fourth-order valence-corrected chi connectivity index (χ4v) is 2.03. The zero-order valence-corrected chi connectivity index (χ0v) is 9.55. The Morgan fingerprint density at radius 1 is 1.12 bits per heavy atom. The highest BCUT2D eigenvalue weighted by atomic mass is 19.3. The summed E-state index contributed by atoms with van der Waals surface area (Å²) in [5, 5.41) is 0. The van der Waals surface area contributed by atoms with E-state index in [1.807, 2.05) is 17.0 Å². The standard InChI is InChI=1S/C13H17F2N/c1-2-11-3-5-12(6-4-11)16-9-7-13(14,15)8-10-16/h3-6H,2,7-10H2,1H3. The topological polar surface area (TPSA) is 3.24 Å². The number of alkyl halides is 2. The van der Waals surface area contributed by atoms with Crippen molar-refractivity contribution in [1.29, 1.82) is 0 Å². The van der Waals surface area contributed by atoms with E-state index in [-0.39, 0.29) is 12.8 Å². The van der Waals surface area contributed by atoms with Crippen molar-refractivity contribution in [1.82, 2.24) is 0 Å². The second-order valence-corrected chi connectivity index (χ2v) is 4.36. The van der Waals surface area contributed by atoms with Gasteiger partial charge in [-0.2, -0.15) is 0 Å². The predicted octanol–water partition coefficient (Wildman–Crippen LogP) is 3.48. The Morgan fingerprint density at radius 2 is 1.69 bits per heavy atom. The molecular formula is C13H17F2N. The van der Waals surface area contributed by atoms with E-state index in [1.54, 1.807) is 0 Å². The van der Waals surface area contributed by atoms with Crippen LogP contribution in [0.2, 0.25) is 0 Å². The van der Waals surface area contributed by atoms with Gasteiger partial charge in [-0.05, 0) is 24.1 Å². The summed E-state index contributed by atoms with van der Waals surface area (Å²) in [5.41, 5.74) is 2.35. The highest BCUT2D eigenvalue weighted by Crippen LogP contribution is 2.30. The molecule has 88 valence electrons. The normalized spacial score (nSPS) is 19.8. The van der Waals surface area contributed by atoms with E-state index in [4.69, 9.17) is 0 Å². The first-order valence-corrected chi connectivity index (χ1v) is 5.82. The molecule has 0 atom stereocenters. The third kappa shape index (κ3) is 2.52. The molecule has 0 unspecified atom stereocenters. The van der Waals surface area contributed by atoms with E-state index in [0.717, 1.165) is 12.1 Å².